The lowest BCUT2D eigenvalue weighted by molar-refractivity contribution is 0.298. The molecule has 0 saturated heterocycles. The number of ether oxygens (including phenoxy) is 2. The molecule has 0 spiro atoms. The molecule has 0 amide bonds. The van der Waals surface area contributed by atoms with Crippen LogP contribution >= 0.6 is 0 Å². The molecule has 0 radical (unpaired) electrons. The summed E-state index contributed by atoms with van der Waals surface area (Å²) in [4.78, 5) is 8.57. The molecule has 2 aromatic heterocycles. The van der Waals surface area contributed by atoms with Crippen LogP contribution in [0.4, 0.5) is 0 Å². The molecule has 100 valence electrons. The number of aromatic nitrogens is 3. The van der Waals surface area contributed by atoms with Crippen LogP contribution in [0.15, 0.2) is 31.4 Å². The Kier molecular flexibility index (Phi) is 3.85. The molecule has 0 aromatic carbocycles. The molecule has 0 fully saturated rings. The van der Waals surface area contributed by atoms with E-state index in [1.807, 2.05) is 30.7 Å². The third-order valence-corrected chi connectivity index (χ3v) is 2.65. The number of methoxy groups -OCH3 is 1. The van der Waals surface area contributed by atoms with E-state index in [2.05, 4.69) is 16.5 Å². The second-order valence-corrected chi connectivity index (χ2v) is 4.03. The highest BCUT2D eigenvalue weighted by molar-refractivity contribution is 5.60. The van der Waals surface area contributed by atoms with Crippen molar-refractivity contribution in [3.63, 3.8) is 0 Å². The predicted molar refractivity (Wildman–Crippen MR) is 73.3 cm³/mol. The van der Waals surface area contributed by atoms with Crippen LogP contribution in [0.2, 0.25) is 0 Å². The van der Waals surface area contributed by atoms with E-state index in [-0.39, 0.29) is 0 Å². The Bertz CT molecular complexity index is 590. The van der Waals surface area contributed by atoms with E-state index in [4.69, 9.17) is 9.47 Å². The zero-order valence-corrected chi connectivity index (χ0v) is 11.4. The topological polar surface area (TPSA) is 49.2 Å². The fourth-order valence-electron chi connectivity index (χ4n) is 1.73. The fourth-order valence-corrected chi connectivity index (χ4v) is 1.73. The van der Waals surface area contributed by atoms with Crippen LogP contribution in [-0.2, 0) is 4.74 Å². The van der Waals surface area contributed by atoms with Gasteiger partial charge in [-0.2, -0.15) is 0 Å². The Hall–Kier alpha value is -2.30. The monoisotopic (exact) mass is 259 g/mol. The van der Waals surface area contributed by atoms with E-state index < -0.39 is 0 Å². The van der Waals surface area contributed by atoms with Gasteiger partial charge in [-0.15, -0.1) is 0 Å². The van der Waals surface area contributed by atoms with Crippen LogP contribution in [0.3, 0.4) is 0 Å². The first-order valence-electron chi connectivity index (χ1n) is 6.02. The van der Waals surface area contributed by atoms with Crippen molar-refractivity contribution in [1.29, 1.82) is 0 Å². The van der Waals surface area contributed by atoms with Gasteiger partial charge in [-0.25, -0.2) is 9.97 Å². The van der Waals surface area contributed by atoms with E-state index in [0.717, 1.165) is 11.3 Å². The van der Waals surface area contributed by atoms with Gasteiger partial charge in [-0.05, 0) is 19.9 Å². The lowest BCUT2D eigenvalue weighted by Gasteiger charge is -2.11. The zero-order chi connectivity index (χ0) is 13.8. The van der Waals surface area contributed by atoms with E-state index in [1.165, 1.54) is 0 Å². The Labute approximate surface area is 112 Å². The smallest absolute Gasteiger partial charge is 0.180 e. The standard InChI is InChI=1S/C14H17N3O2/c1-5-19-11(3)12-6-13(18-4)14(15-7-12)17-8-10(2)16-9-17/h6-9H,3,5H2,1-2,4H3. The van der Waals surface area contributed by atoms with E-state index in [0.29, 0.717) is 23.9 Å². The van der Waals surface area contributed by atoms with Gasteiger partial charge >= 0.3 is 0 Å². The Balaban J connectivity index is 2.39. The van der Waals surface area contributed by atoms with Crippen molar-refractivity contribution in [1.82, 2.24) is 14.5 Å². The van der Waals surface area contributed by atoms with Crippen LogP contribution in [0, 0.1) is 6.92 Å². The SMILES string of the molecule is C=C(OCC)c1cnc(-n2cnc(C)c2)c(OC)c1. The summed E-state index contributed by atoms with van der Waals surface area (Å²) in [6.07, 6.45) is 5.31. The van der Waals surface area contributed by atoms with Gasteiger partial charge in [0.05, 0.1) is 19.4 Å². The van der Waals surface area contributed by atoms with Gasteiger partial charge in [0.25, 0.3) is 0 Å². The summed E-state index contributed by atoms with van der Waals surface area (Å²) in [5.74, 6) is 1.92. The lowest BCUT2D eigenvalue weighted by Crippen LogP contribution is -2.01. The highest BCUT2D eigenvalue weighted by Gasteiger charge is 2.10. The highest BCUT2D eigenvalue weighted by Crippen LogP contribution is 2.25. The van der Waals surface area contributed by atoms with E-state index >= 15 is 0 Å². The highest BCUT2D eigenvalue weighted by atomic mass is 16.5. The van der Waals surface area contributed by atoms with Crippen LogP contribution in [-0.4, -0.2) is 28.3 Å². The Morgan fingerprint density at radius 1 is 1.42 bits per heavy atom. The number of imidazole rings is 1. The maximum absolute atomic E-state index is 5.37. The van der Waals surface area contributed by atoms with Gasteiger partial charge in [0.15, 0.2) is 11.6 Å². The van der Waals surface area contributed by atoms with Gasteiger partial charge in [-0.1, -0.05) is 6.58 Å². The molecule has 0 aliphatic heterocycles. The van der Waals surface area contributed by atoms with Crippen molar-refractivity contribution in [3.05, 3.63) is 42.6 Å². The number of rotatable bonds is 5. The van der Waals surface area contributed by atoms with Gasteiger partial charge in [0.2, 0.25) is 0 Å². The molecule has 0 aliphatic carbocycles. The second-order valence-electron chi connectivity index (χ2n) is 4.03. The first-order chi connectivity index (χ1) is 9.15. The summed E-state index contributed by atoms with van der Waals surface area (Å²) in [5.41, 5.74) is 1.73. The summed E-state index contributed by atoms with van der Waals surface area (Å²) in [6, 6.07) is 1.86. The van der Waals surface area contributed by atoms with Crippen molar-refractivity contribution in [2.75, 3.05) is 13.7 Å². The third-order valence-electron chi connectivity index (χ3n) is 2.65. The van der Waals surface area contributed by atoms with Crippen molar-refractivity contribution < 1.29 is 9.47 Å². The van der Waals surface area contributed by atoms with E-state index in [9.17, 15) is 0 Å². The molecular weight excluding hydrogens is 242 g/mol. The van der Waals surface area contributed by atoms with Crippen LogP contribution in [0.25, 0.3) is 11.6 Å². The van der Waals surface area contributed by atoms with Gasteiger partial charge in [-0.3, -0.25) is 4.57 Å². The Morgan fingerprint density at radius 2 is 2.21 bits per heavy atom. The summed E-state index contributed by atoms with van der Waals surface area (Å²) in [6.45, 7) is 8.27. The predicted octanol–water partition coefficient (Wildman–Crippen LogP) is 2.59. The fraction of sp³-hybridized carbons (Fsp3) is 0.286. The molecule has 0 bridgehead atoms. The molecule has 2 heterocycles. The largest absolute Gasteiger partial charge is 0.494 e. The normalized spacial score (nSPS) is 10.3. The zero-order valence-electron chi connectivity index (χ0n) is 11.4. The minimum atomic E-state index is 0.573. The van der Waals surface area contributed by atoms with Crippen LogP contribution in [0.5, 0.6) is 5.75 Å². The molecule has 2 aromatic rings. The number of hydrogen-bond donors (Lipinski definition) is 0. The first-order valence-corrected chi connectivity index (χ1v) is 6.02. The van der Waals surface area contributed by atoms with E-state index in [1.54, 1.807) is 19.6 Å². The first kappa shape index (κ1) is 13.1. The Morgan fingerprint density at radius 3 is 2.79 bits per heavy atom. The molecule has 0 N–H and O–H groups in total. The molecule has 0 aliphatic rings. The van der Waals surface area contributed by atoms with Gasteiger partial charge in [0, 0.05) is 18.0 Å². The molecule has 5 nitrogen and oxygen atoms in total. The van der Waals surface area contributed by atoms with Crippen molar-refractivity contribution in [3.8, 4) is 11.6 Å². The minimum absolute atomic E-state index is 0.573. The summed E-state index contributed by atoms with van der Waals surface area (Å²) < 4.78 is 12.6. The van der Waals surface area contributed by atoms with Crippen LogP contribution < -0.4 is 4.74 Å². The number of nitrogens with zero attached hydrogens (tertiary/aromatic N) is 3. The molecule has 5 heteroatoms. The summed E-state index contributed by atoms with van der Waals surface area (Å²) >= 11 is 0. The average molecular weight is 259 g/mol. The molecule has 2 rings (SSSR count). The number of pyridine rings is 1. The van der Waals surface area contributed by atoms with Gasteiger partial charge in [0.1, 0.15) is 12.1 Å². The van der Waals surface area contributed by atoms with Crippen molar-refractivity contribution in [2.24, 2.45) is 0 Å². The third kappa shape index (κ3) is 2.76. The van der Waals surface area contributed by atoms with Gasteiger partial charge < -0.3 is 9.47 Å². The average Bonchev–Trinajstić information content (AvgIpc) is 2.84. The lowest BCUT2D eigenvalue weighted by atomic mass is 10.2. The molecule has 0 saturated carbocycles. The summed E-state index contributed by atoms with van der Waals surface area (Å²) in [5, 5.41) is 0. The van der Waals surface area contributed by atoms with Crippen molar-refractivity contribution in [2.45, 2.75) is 13.8 Å². The van der Waals surface area contributed by atoms with Crippen molar-refractivity contribution >= 4 is 5.76 Å². The minimum Gasteiger partial charge on any atom is -0.494 e. The molecular formula is C14H17N3O2. The number of aryl methyl sites for hydroxylation is 1. The summed E-state index contributed by atoms with van der Waals surface area (Å²) in [7, 11) is 1.61. The van der Waals surface area contributed by atoms with Crippen LogP contribution in [0.1, 0.15) is 18.2 Å². The maximum Gasteiger partial charge on any atom is 0.180 e. The molecule has 0 unspecified atom stereocenters. The quantitative estimate of drug-likeness (QED) is 0.774. The maximum atomic E-state index is 5.37. The molecule has 19 heavy (non-hydrogen) atoms. The second kappa shape index (κ2) is 5.56. The molecule has 0 atom stereocenters. The number of hydrogen-bond acceptors (Lipinski definition) is 4.